The smallest absolute Gasteiger partial charge is 0.289 e. The number of aryl methyl sites for hydroxylation is 1. The first-order valence-corrected chi connectivity index (χ1v) is 8.83. The Balaban J connectivity index is 1.41. The number of carbonyl (C=O) groups is 1. The van der Waals surface area contributed by atoms with E-state index in [-0.39, 0.29) is 11.5 Å². The van der Waals surface area contributed by atoms with E-state index in [0.717, 1.165) is 18.1 Å². The molecule has 1 fully saturated rings. The van der Waals surface area contributed by atoms with E-state index >= 15 is 0 Å². The molecule has 0 aromatic carbocycles. The molecule has 1 aliphatic heterocycles. The van der Waals surface area contributed by atoms with Crippen molar-refractivity contribution in [2.75, 3.05) is 26.2 Å². The molecular weight excluding hydrogens is 342 g/mol. The van der Waals surface area contributed by atoms with Crippen LogP contribution in [0, 0.1) is 6.92 Å². The summed E-state index contributed by atoms with van der Waals surface area (Å²) >= 11 is 1.43. The summed E-state index contributed by atoms with van der Waals surface area (Å²) in [5.41, 5.74) is 0.545. The van der Waals surface area contributed by atoms with Gasteiger partial charge < -0.3 is 9.32 Å². The fourth-order valence-corrected chi connectivity index (χ4v) is 3.87. The van der Waals surface area contributed by atoms with Crippen molar-refractivity contribution in [2.45, 2.75) is 13.5 Å². The standard InChI is InChI=1S/C16H17N5O3S/c1-11-9-14(22)21-16(17-11)25-13(18-21)10-19-4-6-20(7-5-19)15(23)12-3-2-8-24-12/h2-3,8-9H,4-7,10H2,1H3. The third-order valence-corrected chi connectivity index (χ3v) is 5.06. The van der Waals surface area contributed by atoms with Crippen LogP contribution < -0.4 is 5.56 Å². The van der Waals surface area contributed by atoms with E-state index in [0.29, 0.717) is 36.0 Å². The molecule has 0 N–H and O–H groups in total. The molecule has 1 aliphatic rings. The topological polar surface area (TPSA) is 84.0 Å². The highest BCUT2D eigenvalue weighted by atomic mass is 32.1. The lowest BCUT2D eigenvalue weighted by atomic mass is 10.3. The van der Waals surface area contributed by atoms with E-state index < -0.39 is 0 Å². The number of piperazine rings is 1. The highest BCUT2D eigenvalue weighted by Crippen LogP contribution is 2.16. The van der Waals surface area contributed by atoms with Gasteiger partial charge in [0.15, 0.2) is 5.76 Å². The number of hydrogen-bond donors (Lipinski definition) is 0. The number of furan rings is 1. The Kier molecular flexibility index (Phi) is 4.10. The van der Waals surface area contributed by atoms with Crippen molar-refractivity contribution >= 4 is 22.2 Å². The van der Waals surface area contributed by atoms with Crippen LogP contribution in [0.15, 0.2) is 33.7 Å². The van der Waals surface area contributed by atoms with Gasteiger partial charge in [0, 0.05) is 37.9 Å². The molecule has 130 valence electrons. The van der Waals surface area contributed by atoms with Crippen molar-refractivity contribution in [3.8, 4) is 0 Å². The predicted octanol–water partition coefficient (Wildman–Crippen LogP) is 1.01. The number of fused-ring (bicyclic) bond motifs is 1. The Bertz CT molecular complexity index is 954. The lowest BCUT2D eigenvalue weighted by Gasteiger charge is -2.33. The van der Waals surface area contributed by atoms with Crippen molar-refractivity contribution in [3.05, 3.63) is 51.3 Å². The third-order valence-electron chi connectivity index (χ3n) is 4.17. The van der Waals surface area contributed by atoms with Gasteiger partial charge in [-0.2, -0.15) is 9.61 Å². The SMILES string of the molecule is Cc1cc(=O)n2nc(CN3CCN(C(=O)c4ccco4)CC3)sc2n1. The minimum Gasteiger partial charge on any atom is -0.459 e. The lowest BCUT2D eigenvalue weighted by molar-refractivity contribution is 0.0597. The fourth-order valence-electron chi connectivity index (χ4n) is 2.88. The van der Waals surface area contributed by atoms with Crippen LogP contribution in [0.3, 0.4) is 0 Å². The summed E-state index contributed by atoms with van der Waals surface area (Å²) in [4.78, 5) is 33.2. The number of aromatic nitrogens is 3. The molecule has 0 saturated carbocycles. The number of rotatable bonds is 3. The minimum atomic E-state index is -0.154. The molecule has 0 atom stereocenters. The summed E-state index contributed by atoms with van der Waals surface area (Å²) < 4.78 is 6.52. The first kappa shape index (κ1) is 16.0. The third kappa shape index (κ3) is 3.20. The maximum atomic E-state index is 12.3. The van der Waals surface area contributed by atoms with E-state index in [1.807, 2.05) is 0 Å². The second-order valence-corrected chi connectivity index (χ2v) is 7.01. The van der Waals surface area contributed by atoms with Gasteiger partial charge in [-0.25, -0.2) is 4.98 Å². The van der Waals surface area contributed by atoms with Gasteiger partial charge in [0.25, 0.3) is 11.5 Å². The quantitative estimate of drug-likeness (QED) is 0.694. The maximum absolute atomic E-state index is 12.3. The Labute approximate surface area is 147 Å². The molecule has 0 spiro atoms. The van der Waals surface area contributed by atoms with Crippen LogP contribution in [-0.2, 0) is 6.54 Å². The van der Waals surface area contributed by atoms with Crippen molar-refractivity contribution in [2.24, 2.45) is 0 Å². The Morgan fingerprint density at radius 1 is 1.32 bits per heavy atom. The molecule has 0 bridgehead atoms. The molecular formula is C16H17N5O3S. The fraction of sp³-hybridized carbons (Fsp3) is 0.375. The van der Waals surface area contributed by atoms with Crippen LogP contribution in [0.25, 0.3) is 4.96 Å². The molecule has 4 rings (SSSR count). The van der Waals surface area contributed by atoms with Crippen molar-refractivity contribution in [3.63, 3.8) is 0 Å². The van der Waals surface area contributed by atoms with E-state index in [2.05, 4.69) is 15.0 Å². The Morgan fingerprint density at radius 3 is 2.84 bits per heavy atom. The highest BCUT2D eigenvalue weighted by molar-refractivity contribution is 7.16. The van der Waals surface area contributed by atoms with Crippen LogP contribution in [0.1, 0.15) is 21.3 Å². The normalized spacial score (nSPS) is 15.8. The van der Waals surface area contributed by atoms with Gasteiger partial charge in [-0.3, -0.25) is 14.5 Å². The van der Waals surface area contributed by atoms with Gasteiger partial charge >= 0.3 is 0 Å². The summed E-state index contributed by atoms with van der Waals surface area (Å²) in [7, 11) is 0. The summed E-state index contributed by atoms with van der Waals surface area (Å²) in [6, 6.07) is 4.88. The van der Waals surface area contributed by atoms with Crippen LogP contribution in [0.5, 0.6) is 0 Å². The molecule has 1 amide bonds. The minimum absolute atomic E-state index is 0.0733. The average molecular weight is 359 g/mol. The second kappa shape index (κ2) is 6.41. The van der Waals surface area contributed by atoms with E-state index in [1.165, 1.54) is 28.2 Å². The molecule has 1 saturated heterocycles. The van der Waals surface area contributed by atoms with Crippen LogP contribution in [0.2, 0.25) is 0 Å². The number of carbonyl (C=O) groups excluding carboxylic acids is 1. The first-order chi connectivity index (χ1) is 12.1. The van der Waals surface area contributed by atoms with Crippen LogP contribution in [-0.4, -0.2) is 56.5 Å². The second-order valence-electron chi connectivity index (χ2n) is 5.97. The van der Waals surface area contributed by atoms with E-state index in [4.69, 9.17) is 4.42 Å². The molecule has 25 heavy (non-hydrogen) atoms. The van der Waals surface area contributed by atoms with Crippen LogP contribution in [0.4, 0.5) is 0 Å². The van der Waals surface area contributed by atoms with Gasteiger partial charge in [0.1, 0.15) is 5.01 Å². The molecule has 8 nitrogen and oxygen atoms in total. The highest BCUT2D eigenvalue weighted by Gasteiger charge is 2.24. The molecule has 3 aromatic rings. The molecule has 3 aromatic heterocycles. The van der Waals surface area contributed by atoms with Gasteiger partial charge in [0.2, 0.25) is 4.96 Å². The van der Waals surface area contributed by atoms with E-state index in [1.54, 1.807) is 24.0 Å². The zero-order valence-corrected chi connectivity index (χ0v) is 14.5. The summed E-state index contributed by atoms with van der Waals surface area (Å²) in [5.74, 6) is 0.302. The zero-order valence-electron chi connectivity index (χ0n) is 13.7. The lowest BCUT2D eigenvalue weighted by Crippen LogP contribution is -2.48. The maximum Gasteiger partial charge on any atom is 0.289 e. The number of nitrogens with zero attached hydrogens (tertiary/aromatic N) is 5. The van der Waals surface area contributed by atoms with Gasteiger partial charge in [-0.05, 0) is 19.1 Å². The Hall–Kier alpha value is -2.52. The summed E-state index contributed by atoms with van der Waals surface area (Å²) in [6.45, 7) is 5.24. The monoisotopic (exact) mass is 359 g/mol. The summed E-state index contributed by atoms with van der Waals surface area (Å²) in [5, 5.41) is 5.21. The number of amides is 1. The van der Waals surface area contributed by atoms with Crippen LogP contribution >= 0.6 is 11.3 Å². The molecule has 0 unspecified atom stereocenters. The summed E-state index contributed by atoms with van der Waals surface area (Å²) in [6.07, 6.45) is 1.51. The first-order valence-electron chi connectivity index (χ1n) is 8.02. The number of hydrogen-bond acceptors (Lipinski definition) is 7. The molecule has 9 heteroatoms. The largest absolute Gasteiger partial charge is 0.459 e. The molecule has 0 aliphatic carbocycles. The Morgan fingerprint density at radius 2 is 2.12 bits per heavy atom. The van der Waals surface area contributed by atoms with Gasteiger partial charge in [-0.1, -0.05) is 11.3 Å². The van der Waals surface area contributed by atoms with Crippen molar-refractivity contribution in [1.82, 2.24) is 24.4 Å². The molecule has 4 heterocycles. The average Bonchev–Trinajstić information content (AvgIpc) is 3.24. The van der Waals surface area contributed by atoms with E-state index in [9.17, 15) is 9.59 Å². The zero-order chi connectivity index (χ0) is 17.4. The predicted molar refractivity (Wildman–Crippen MR) is 91.8 cm³/mol. The van der Waals surface area contributed by atoms with Crippen molar-refractivity contribution < 1.29 is 9.21 Å². The van der Waals surface area contributed by atoms with Gasteiger partial charge in [-0.15, -0.1) is 0 Å². The van der Waals surface area contributed by atoms with Gasteiger partial charge in [0.05, 0.1) is 12.8 Å². The molecule has 0 radical (unpaired) electrons. The van der Waals surface area contributed by atoms with Crippen molar-refractivity contribution in [1.29, 1.82) is 0 Å².